The fraction of sp³-hybridized carbons (Fsp3) is 0.857. The number of hydrogen-bond acceptors (Lipinski definition) is 3. The predicted octanol–water partition coefficient (Wildman–Crippen LogP) is 1.76. The molecule has 1 saturated heterocycles. The molecule has 0 bridgehead atoms. The summed E-state index contributed by atoms with van der Waals surface area (Å²) in [6, 6.07) is 0. The van der Waals surface area contributed by atoms with E-state index < -0.39 is 11.4 Å². The summed E-state index contributed by atoms with van der Waals surface area (Å²) in [6.07, 6.45) is 0.0464. The summed E-state index contributed by atoms with van der Waals surface area (Å²) < 4.78 is 5.58. The van der Waals surface area contributed by atoms with Crippen molar-refractivity contribution in [2.75, 3.05) is 13.1 Å². The van der Waals surface area contributed by atoms with Crippen molar-refractivity contribution in [1.29, 1.82) is 0 Å². The van der Waals surface area contributed by atoms with Crippen LogP contribution in [0.4, 0.5) is 0 Å². The lowest BCUT2D eigenvalue weighted by Crippen LogP contribution is -2.50. The van der Waals surface area contributed by atoms with Gasteiger partial charge in [0.1, 0.15) is 0 Å². The number of morpholine rings is 1. The molecule has 0 radical (unpaired) electrons. The Morgan fingerprint density at radius 2 is 1.79 bits per heavy atom. The van der Waals surface area contributed by atoms with Crippen LogP contribution in [-0.4, -0.2) is 47.2 Å². The molecule has 0 aliphatic carbocycles. The molecule has 0 spiro atoms. The zero-order valence-corrected chi connectivity index (χ0v) is 12.5. The van der Waals surface area contributed by atoms with Gasteiger partial charge in [0, 0.05) is 19.5 Å². The zero-order valence-electron chi connectivity index (χ0n) is 12.5. The van der Waals surface area contributed by atoms with Crippen LogP contribution in [-0.2, 0) is 14.3 Å². The quantitative estimate of drug-likeness (QED) is 0.846. The first-order valence-electron chi connectivity index (χ1n) is 6.83. The fourth-order valence-electron chi connectivity index (χ4n) is 2.33. The molecule has 1 N–H and O–H groups in total. The van der Waals surface area contributed by atoms with Crippen LogP contribution in [0.25, 0.3) is 0 Å². The Morgan fingerprint density at radius 1 is 1.32 bits per heavy atom. The molecular weight excluding hydrogens is 246 g/mol. The van der Waals surface area contributed by atoms with Crippen LogP contribution in [0.3, 0.4) is 0 Å². The Hall–Kier alpha value is -1.10. The summed E-state index contributed by atoms with van der Waals surface area (Å²) in [4.78, 5) is 25.5. The van der Waals surface area contributed by atoms with Crippen molar-refractivity contribution in [2.45, 2.75) is 53.2 Å². The molecule has 1 heterocycles. The van der Waals surface area contributed by atoms with Gasteiger partial charge < -0.3 is 14.7 Å². The Morgan fingerprint density at radius 3 is 2.16 bits per heavy atom. The highest BCUT2D eigenvalue weighted by Gasteiger charge is 2.40. The minimum Gasteiger partial charge on any atom is -0.481 e. The number of ether oxygens (including phenoxy) is 1. The van der Waals surface area contributed by atoms with E-state index in [4.69, 9.17) is 4.74 Å². The topological polar surface area (TPSA) is 66.8 Å². The van der Waals surface area contributed by atoms with Crippen molar-refractivity contribution in [3.8, 4) is 0 Å². The zero-order chi connectivity index (χ0) is 14.8. The smallest absolute Gasteiger partial charge is 0.310 e. The van der Waals surface area contributed by atoms with Crippen molar-refractivity contribution >= 4 is 11.9 Å². The van der Waals surface area contributed by atoms with Crippen LogP contribution in [0.15, 0.2) is 0 Å². The number of amides is 1. The minimum atomic E-state index is -1.01. The molecule has 110 valence electrons. The monoisotopic (exact) mass is 271 g/mol. The average Bonchev–Trinajstić information content (AvgIpc) is 2.26. The molecule has 3 atom stereocenters. The summed E-state index contributed by atoms with van der Waals surface area (Å²) in [5.74, 6) is -1.10. The van der Waals surface area contributed by atoms with Crippen LogP contribution in [0, 0.1) is 11.3 Å². The number of carbonyl (C=O) groups is 2. The Labute approximate surface area is 114 Å². The number of nitrogens with zero attached hydrogens (tertiary/aromatic N) is 1. The van der Waals surface area contributed by atoms with Crippen molar-refractivity contribution in [1.82, 2.24) is 4.90 Å². The Balaban J connectivity index is 2.75. The van der Waals surface area contributed by atoms with Crippen LogP contribution in [0.2, 0.25) is 0 Å². The number of carboxylic acid groups (broad SMARTS) is 1. The molecule has 1 rings (SSSR count). The lowest BCUT2D eigenvalue weighted by Gasteiger charge is -2.37. The van der Waals surface area contributed by atoms with Crippen molar-refractivity contribution in [3.63, 3.8) is 0 Å². The maximum Gasteiger partial charge on any atom is 0.310 e. The highest BCUT2D eigenvalue weighted by Crippen LogP contribution is 2.32. The summed E-state index contributed by atoms with van der Waals surface area (Å²) in [7, 11) is 0. The molecule has 3 unspecified atom stereocenters. The first-order valence-corrected chi connectivity index (χ1v) is 6.83. The van der Waals surface area contributed by atoms with Crippen LogP contribution in [0.1, 0.15) is 41.0 Å². The molecule has 1 fully saturated rings. The Kier molecular flexibility index (Phi) is 4.96. The van der Waals surface area contributed by atoms with E-state index in [9.17, 15) is 14.7 Å². The minimum absolute atomic E-state index is 0.00262. The lowest BCUT2D eigenvalue weighted by molar-refractivity contribution is -0.158. The van der Waals surface area contributed by atoms with Crippen molar-refractivity contribution < 1.29 is 19.4 Å². The lowest BCUT2D eigenvalue weighted by atomic mass is 9.76. The van der Waals surface area contributed by atoms with Gasteiger partial charge >= 0.3 is 5.97 Å². The van der Waals surface area contributed by atoms with E-state index in [0.29, 0.717) is 13.1 Å². The van der Waals surface area contributed by atoms with Gasteiger partial charge in [0.05, 0.1) is 17.6 Å². The second-order valence-corrected chi connectivity index (χ2v) is 6.11. The van der Waals surface area contributed by atoms with E-state index in [1.807, 2.05) is 27.7 Å². The third kappa shape index (κ3) is 3.69. The van der Waals surface area contributed by atoms with E-state index in [2.05, 4.69) is 0 Å². The van der Waals surface area contributed by atoms with Gasteiger partial charge in [-0.15, -0.1) is 0 Å². The van der Waals surface area contributed by atoms with Crippen LogP contribution >= 0.6 is 0 Å². The van der Waals surface area contributed by atoms with Crippen LogP contribution in [0.5, 0.6) is 0 Å². The van der Waals surface area contributed by atoms with Gasteiger partial charge in [-0.25, -0.2) is 0 Å². The van der Waals surface area contributed by atoms with Gasteiger partial charge in [-0.05, 0) is 26.7 Å². The maximum absolute atomic E-state index is 12.3. The fourth-order valence-corrected chi connectivity index (χ4v) is 2.33. The third-order valence-electron chi connectivity index (χ3n) is 4.05. The molecule has 0 aromatic carbocycles. The van der Waals surface area contributed by atoms with E-state index in [0.717, 1.165) is 0 Å². The number of rotatable bonds is 4. The van der Waals surface area contributed by atoms with E-state index in [1.54, 1.807) is 11.8 Å². The Bertz CT molecular complexity index is 345. The van der Waals surface area contributed by atoms with Gasteiger partial charge in [0.2, 0.25) is 5.91 Å². The average molecular weight is 271 g/mol. The molecule has 19 heavy (non-hydrogen) atoms. The first kappa shape index (κ1) is 16.0. The highest BCUT2D eigenvalue weighted by molar-refractivity contribution is 5.85. The molecule has 0 aromatic heterocycles. The highest BCUT2D eigenvalue weighted by atomic mass is 16.5. The number of aliphatic carboxylic acids is 1. The molecule has 1 aliphatic heterocycles. The standard InChI is InChI=1S/C14H25NO4/c1-9(2)14(5,13(17)18)6-12(16)15-7-10(3)19-11(4)8-15/h9-11H,6-8H2,1-5H3,(H,17,18). The second-order valence-electron chi connectivity index (χ2n) is 6.11. The third-order valence-corrected chi connectivity index (χ3v) is 4.05. The van der Waals surface area contributed by atoms with E-state index in [-0.39, 0.29) is 30.5 Å². The molecule has 0 saturated carbocycles. The molecule has 5 nitrogen and oxygen atoms in total. The number of carbonyl (C=O) groups excluding carboxylic acids is 1. The van der Waals surface area contributed by atoms with Crippen molar-refractivity contribution in [3.05, 3.63) is 0 Å². The van der Waals surface area contributed by atoms with Gasteiger partial charge in [0.25, 0.3) is 0 Å². The van der Waals surface area contributed by atoms with Gasteiger partial charge in [-0.2, -0.15) is 0 Å². The number of hydrogen-bond donors (Lipinski definition) is 1. The molecule has 1 aliphatic rings. The molecular formula is C14H25NO4. The van der Waals surface area contributed by atoms with Gasteiger partial charge in [0.15, 0.2) is 0 Å². The van der Waals surface area contributed by atoms with E-state index >= 15 is 0 Å². The summed E-state index contributed by atoms with van der Waals surface area (Å²) >= 11 is 0. The molecule has 0 aromatic rings. The van der Waals surface area contributed by atoms with Gasteiger partial charge in [-0.3, -0.25) is 9.59 Å². The maximum atomic E-state index is 12.3. The SMILES string of the molecule is CC1CN(C(=O)CC(C)(C(=O)O)C(C)C)CC(C)O1. The normalized spacial score (nSPS) is 27.2. The second kappa shape index (κ2) is 5.90. The number of carboxylic acids is 1. The summed E-state index contributed by atoms with van der Waals surface area (Å²) in [5.41, 5.74) is -1.01. The predicted molar refractivity (Wildman–Crippen MR) is 71.8 cm³/mol. The van der Waals surface area contributed by atoms with Crippen molar-refractivity contribution in [2.24, 2.45) is 11.3 Å². The van der Waals surface area contributed by atoms with E-state index in [1.165, 1.54) is 0 Å². The van der Waals surface area contributed by atoms with Gasteiger partial charge in [-0.1, -0.05) is 13.8 Å². The summed E-state index contributed by atoms with van der Waals surface area (Å²) in [6.45, 7) is 10.3. The largest absolute Gasteiger partial charge is 0.481 e. The molecule has 5 heteroatoms. The molecule has 1 amide bonds. The van der Waals surface area contributed by atoms with Crippen LogP contribution < -0.4 is 0 Å². The summed E-state index contributed by atoms with van der Waals surface area (Å²) in [5, 5.41) is 9.36. The first-order chi connectivity index (χ1) is 8.66.